The van der Waals surface area contributed by atoms with Crippen LogP contribution in [0.1, 0.15) is 6.42 Å². The van der Waals surface area contributed by atoms with E-state index >= 15 is 0 Å². The molecule has 8 heteroatoms. The van der Waals surface area contributed by atoms with Gasteiger partial charge in [-0.25, -0.2) is 9.97 Å². The first-order valence-electron chi connectivity index (χ1n) is 9.86. The van der Waals surface area contributed by atoms with E-state index in [0.717, 1.165) is 61.5 Å². The lowest BCUT2D eigenvalue weighted by Gasteiger charge is -2.37. The van der Waals surface area contributed by atoms with E-state index in [2.05, 4.69) is 36.9 Å². The van der Waals surface area contributed by atoms with Gasteiger partial charge in [0.2, 0.25) is 5.88 Å². The smallest absolute Gasteiger partial charge is 0.224 e. The number of pyridine rings is 1. The molecule has 3 aromatic rings. The van der Waals surface area contributed by atoms with E-state index in [1.807, 2.05) is 12.1 Å². The summed E-state index contributed by atoms with van der Waals surface area (Å²) in [6.07, 6.45) is 6.00. The van der Waals surface area contributed by atoms with Gasteiger partial charge in [0.05, 0.1) is 34.8 Å². The average Bonchev–Trinajstić information content (AvgIpc) is 3.27. The Balaban J connectivity index is 1.35. The first-order valence-corrected chi connectivity index (χ1v) is 10.2. The highest BCUT2D eigenvalue weighted by molar-refractivity contribution is 6.33. The quantitative estimate of drug-likeness (QED) is 0.653. The molecule has 1 atom stereocenters. The zero-order valence-corrected chi connectivity index (χ0v) is 16.8. The molecule has 0 amide bonds. The normalized spacial score (nSPS) is 19.7. The summed E-state index contributed by atoms with van der Waals surface area (Å²) in [6.45, 7) is 4.97. The molecule has 4 heterocycles. The van der Waals surface area contributed by atoms with Gasteiger partial charge < -0.3 is 19.3 Å². The van der Waals surface area contributed by atoms with Crippen molar-refractivity contribution in [1.82, 2.24) is 15.0 Å². The van der Waals surface area contributed by atoms with Crippen molar-refractivity contribution in [1.29, 1.82) is 0 Å². The van der Waals surface area contributed by atoms with Gasteiger partial charge in [0, 0.05) is 50.7 Å². The van der Waals surface area contributed by atoms with Crippen LogP contribution in [0, 0.1) is 0 Å². The van der Waals surface area contributed by atoms with Crippen LogP contribution in [0.25, 0.3) is 10.9 Å². The minimum atomic E-state index is 0.0606. The molecule has 29 heavy (non-hydrogen) atoms. The van der Waals surface area contributed by atoms with Gasteiger partial charge in [0.15, 0.2) is 0 Å². The van der Waals surface area contributed by atoms with Gasteiger partial charge in [-0.1, -0.05) is 11.6 Å². The molecule has 2 aromatic heterocycles. The highest BCUT2D eigenvalue weighted by Gasteiger charge is 2.22. The van der Waals surface area contributed by atoms with E-state index < -0.39 is 0 Å². The van der Waals surface area contributed by atoms with Gasteiger partial charge in [0.25, 0.3) is 0 Å². The predicted molar refractivity (Wildman–Crippen MR) is 113 cm³/mol. The van der Waals surface area contributed by atoms with Gasteiger partial charge in [-0.15, -0.1) is 0 Å². The Morgan fingerprint density at radius 1 is 1.07 bits per heavy atom. The molecule has 1 unspecified atom stereocenters. The summed E-state index contributed by atoms with van der Waals surface area (Å²) in [4.78, 5) is 17.5. The molecule has 2 saturated heterocycles. The molecule has 1 aromatic carbocycles. The maximum Gasteiger partial charge on any atom is 0.224 e. The van der Waals surface area contributed by atoms with Gasteiger partial charge in [-0.05, 0) is 24.3 Å². The Labute approximate surface area is 174 Å². The van der Waals surface area contributed by atoms with Crippen LogP contribution >= 0.6 is 11.6 Å². The summed E-state index contributed by atoms with van der Waals surface area (Å²) in [5.74, 6) is 0.634. The molecule has 5 rings (SSSR count). The van der Waals surface area contributed by atoms with Crippen molar-refractivity contribution in [3.05, 3.63) is 48.0 Å². The van der Waals surface area contributed by atoms with Crippen molar-refractivity contribution in [2.24, 2.45) is 0 Å². The zero-order chi connectivity index (χ0) is 19.6. The lowest BCUT2D eigenvalue weighted by Crippen LogP contribution is -2.46. The third-order valence-electron chi connectivity index (χ3n) is 5.49. The fourth-order valence-electron chi connectivity index (χ4n) is 3.91. The number of aromatic nitrogens is 3. The highest BCUT2D eigenvalue weighted by Crippen LogP contribution is 2.30. The van der Waals surface area contributed by atoms with Gasteiger partial charge in [0.1, 0.15) is 12.4 Å². The lowest BCUT2D eigenvalue weighted by molar-refractivity contribution is 0.139. The van der Waals surface area contributed by atoms with Gasteiger partial charge >= 0.3 is 0 Å². The molecule has 7 nitrogen and oxygen atoms in total. The number of hydrogen-bond acceptors (Lipinski definition) is 7. The fraction of sp³-hybridized carbons (Fsp3) is 0.381. The molecule has 0 spiro atoms. The lowest BCUT2D eigenvalue weighted by atomic mass is 10.1. The summed E-state index contributed by atoms with van der Waals surface area (Å²) in [5.41, 5.74) is 3.09. The Morgan fingerprint density at radius 3 is 2.72 bits per heavy atom. The van der Waals surface area contributed by atoms with E-state index in [1.165, 1.54) is 0 Å². The second-order valence-electron chi connectivity index (χ2n) is 7.28. The molecular weight excluding hydrogens is 390 g/mol. The summed E-state index contributed by atoms with van der Waals surface area (Å²) in [7, 11) is 0. The topological polar surface area (TPSA) is 63.6 Å². The molecule has 2 aliphatic heterocycles. The number of fused-ring (bicyclic) bond motifs is 1. The summed E-state index contributed by atoms with van der Waals surface area (Å²) < 4.78 is 11.5. The molecule has 150 valence electrons. The van der Waals surface area contributed by atoms with E-state index in [9.17, 15) is 0 Å². The second kappa shape index (κ2) is 8.00. The van der Waals surface area contributed by atoms with Crippen LogP contribution < -0.4 is 14.5 Å². The summed E-state index contributed by atoms with van der Waals surface area (Å²) in [5, 5.41) is 1.64. The predicted octanol–water partition coefficient (Wildman–Crippen LogP) is 3.17. The van der Waals surface area contributed by atoms with Crippen LogP contribution in [0.3, 0.4) is 0 Å². The van der Waals surface area contributed by atoms with E-state index in [-0.39, 0.29) is 6.10 Å². The monoisotopic (exact) mass is 411 g/mol. The van der Waals surface area contributed by atoms with Crippen LogP contribution in [-0.2, 0) is 4.74 Å². The third-order valence-corrected chi connectivity index (χ3v) is 5.78. The molecular formula is C21H22ClN5O2. The van der Waals surface area contributed by atoms with E-state index in [0.29, 0.717) is 17.5 Å². The van der Waals surface area contributed by atoms with Crippen LogP contribution in [-0.4, -0.2) is 60.4 Å². The Hall–Kier alpha value is -2.64. The van der Waals surface area contributed by atoms with Crippen molar-refractivity contribution >= 4 is 33.9 Å². The van der Waals surface area contributed by atoms with Crippen LogP contribution in [0.15, 0.2) is 43.0 Å². The minimum Gasteiger partial charge on any atom is -0.471 e. The highest BCUT2D eigenvalue weighted by atomic mass is 35.5. The van der Waals surface area contributed by atoms with E-state index in [4.69, 9.17) is 21.1 Å². The van der Waals surface area contributed by atoms with Crippen molar-refractivity contribution < 1.29 is 9.47 Å². The number of anilines is 2. The van der Waals surface area contributed by atoms with E-state index in [1.54, 1.807) is 18.7 Å². The number of rotatable bonds is 4. The largest absolute Gasteiger partial charge is 0.471 e. The molecule has 2 aliphatic rings. The standard InChI is InChI=1S/C21H22ClN5O2/c22-18-12-23-5-3-20(18)27-8-6-26(7-9-27)15-1-2-19-17(11-15)21(25-14-24-19)29-16-4-10-28-13-16/h1-3,5,11-12,14,16H,4,6-10,13H2. The summed E-state index contributed by atoms with van der Waals surface area (Å²) >= 11 is 6.31. The van der Waals surface area contributed by atoms with Crippen LogP contribution in [0.5, 0.6) is 5.88 Å². The average molecular weight is 412 g/mol. The maximum atomic E-state index is 6.31. The van der Waals surface area contributed by atoms with Gasteiger partial charge in [-0.2, -0.15) is 0 Å². The van der Waals surface area contributed by atoms with Crippen molar-refractivity contribution in [2.45, 2.75) is 12.5 Å². The SMILES string of the molecule is Clc1cnccc1N1CCN(c2ccc3ncnc(OC4CCOC4)c3c2)CC1. The number of ether oxygens (including phenoxy) is 2. The number of benzene rings is 1. The number of nitrogens with zero attached hydrogens (tertiary/aromatic N) is 5. The Bertz CT molecular complexity index is 1000. The van der Waals surface area contributed by atoms with Crippen LogP contribution in [0.4, 0.5) is 11.4 Å². The molecule has 0 bridgehead atoms. The Kier molecular flexibility index (Phi) is 5.08. The van der Waals surface area contributed by atoms with Crippen molar-refractivity contribution in [2.75, 3.05) is 49.2 Å². The number of hydrogen-bond donors (Lipinski definition) is 0. The first-order chi connectivity index (χ1) is 14.3. The second-order valence-corrected chi connectivity index (χ2v) is 7.69. The first kappa shape index (κ1) is 18.4. The van der Waals surface area contributed by atoms with Crippen LogP contribution in [0.2, 0.25) is 5.02 Å². The number of piperazine rings is 1. The zero-order valence-electron chi connectivity index (χ0n) is 16.0. The molecule has 2 fully saturated rings. The Morgan fingerprint density at radius 2 is 1.93 bits per heavy atom. The number of halogens is 1. The fourth-order valence-corrected chi connectivity index (χ4v) is 4.14. The van der Waals surface area contributed by atoms with Gasteiger partial charge in [-0.3, -0.25) is 4.98 Å². The maximum absolute atomic E-state index is 6.31. The molecule has 0 radical (unpaired) electrons. The van der Waals surface area contributed by atoms with Crippen molar-refractivity contribution in [3.8, 4) is 5.88 Å². The minimum absolute atomic E-state index is 0.0606. The summed E-state index contributed by atoms with van der Waals surface area (Å²) in [6, 6.07) is 8.26. The molecule has 0 aliphatic carbocycles. The third kappa shape index (κ3) is 3.80. The molecule has 0 N–H and O–H groups in total. The van der Waals surface area contributed by atoms with Crippen molar-refractivity contribution in [3.63, 3.8) is 0 Å². The molecule has 0 saturated carbocycles.